The fourth-order valence-corrected chi connectivity index (χ4v) is 7.85. The third-order valence-electron chi connectivity index (χ3n) is 10.9. The Hall–Kier alpha value is -4.31. The minimum Gasteiger partial charge on any atom is -0.490 e. The van der Waals surface area contributed by atoms with E-state index in [1.54, 1.807) is 6.20 Å². The summed E-state index contributed by atoms with van der Waals surface area (Å²) < 4.78 is 5.96. The van der Waals surface area contributed by atoms with Crippen molar-refractivity contribution in [3.05, 3.63) is 108 Å². The number of aromatic nitrogens is 1. The predicted octanol–water partition coefficient (Wildman–Crippen LogP) is 5.80. The Kier molecular flexibility index (Phi) is 14.7. The minimum absolute atomic E-state index is 0.00627. The van der Waals surface area contributed by atoms with E-state index in [0.29, 0.717) is 13.1 Å². The Morgan fingerprint density at radius 3 is 2.08 bits per heavy atom. The molecule has 9 heteroatoms. The second-order valence-corrected chi connectivity index (χ2v) is 14.9. The van der Waals surface area contributed by atoms with Gasteiger partial charge in [0.15, 0.2) is 0 Å². The molecule has 2 fully saturated rings. The number of piperazine rings is 1. The van der Waals surface area contributed by atoms with Gasteiger partial charge in [-0.15, -0.1) is 0 Å². The topological polar surface area (TPSA) is 107 Å². The standard InChI is InChI=1S/C44H57N5O4/c50-39(33-53-42-21-9-20-41-40(42)19-10-26-45-41)31-48-27-29-49(30-28-48)32-43(51)46-38-24-22-36(23-25-38)44(52)47-37(17-7-15-34-11-3-1-4-12-34)18-8-16-35-13-5-2-6-14-35/h1-6,9-14,19-21,26,36-39,50H,7-8,15-18,22-25,27-33H2,(H,46,51)(H,47,52). The number of rotatable bonds is 18. The average Bonchev–Trinajstić information content (AvgIpc) is 3.19. The lowest BCUT2D eigenvalue weighted by Crippen LogP contribution is -2.52. The summed E-state index contributed by atoms with van der Waals surface area (Å²) in [6, 6.07) is 31.1. The van der Waals surface area contributed by atoms with E-state index >= 15 is 0 Å². The molecule has 53 heavy (non-hydrogen) atoms. The van der Waals surface area contributed by atoms with Crippen molar-refractivity contribution in [3.63, 3.8) is 0 Å². The number of benzene rings is 3. The van der Waals surface area contributed by atoms with E-state index in [1.807, 2.05) is 30.3 Å². The summed E-state index contributed by atoms with van der Waals surface area (Å²) >= 11 is 0. The molecule has 1 aliphatic carbocycles. The van der Waals surface area contributed by atoms with Crippen molar-refractivity contribution in [2.45, 2.75) is 82.4 Å². The molecule has 3 N–H and O–H groups in total. The lowest BCUT2D eigenvalue weighted by atomic mass is 9.85. The summed E-state index contributed by atoms with van der Waals surface area (Å²) in [6.07, 6.45) is 10.5. The third-order valence-corrected chi connectivity index (χ3v) is 10.9. The molecule has 4 aromatic rings. The molecule has 1 saturated heterocycles. The largest absolute Gasteiger partial charge is 0.490 e. The summed E-state index contributed by atoms with van der Waals surface area (Å²) in [5, 5.41) is 18.3. The highest BCUT2D eigenvalue weighted by molar-refractivity contribution is 5.84. The van der Waals surface area contributed by atoms with E-state index in [0.717, 1.165) is 107 Å². The van der Waals surface area contributed by atoms with Gasteiger partial charge < -0.3 is 20.5 Å². The summed E-state index contributed by atoms with van der Waals surface area (Å²) in [7, 11) is 0. The van der Waals surface area contributed by atoms with Gasteiger partial charge in [0.25, 0.3) is 0 Å². The number of aliphatic hydroxyl groups excluding tert-OH is 1. The number of nitrogens with one attached hydrogen (secondary N) is 2. The molecule has 2 amide bonds. The average molecular weight is 720 g/mol. The lowest BCUT2D eigenvalue weighted by molar-refractivity contribution is -0.127. The van der Waals surface area contributed by atoms with E-state index in [2.05, 4.69) is 86.1 Å². The fraction of sp³-hybridized carbons (Fsp3) is 0.477. The number of aryl methyl sites for hydroxylation is 2. The van der Waals surface area contributed by atoms with Crippen LogP contribution in [0.4, 0.5) is 0 Å². The maximum Gasteiger partial charge on any atom is 0.234 e. The number of nitrogens with zero attached hydrogens (tertiary/aromatic N) is 3. The van der Waals surface area contributed by atoms with E-state index in [-0.39, 0.29) is 36.4 Å². The summed E-state index contributed by atoms with van der Waals surface area (Å²) in [4.78, 5) is 35.3. The molecule has 0 bridgehead atoms. The highest BCUT2D eigenvalue weighted by Crippen LogP contribution is 2.26. The number of ether oxygens (including phenoxy) is 1. The van der Waals surface area contributed by atoms with Crippen molar-refractivity contribution in [2.24, 2.45) is 5.92 Å². The fourth-order valence-electron chi connectivity index (χ4n) is 7.85. The molecule has 2 heterocycles. The predicted molar refractivity (Wildman–Crippen MR) is 211 cm³/mol. The zero-order valence-electron chi connectivity index (χ0n) is 31.1. The van der Waals surface area contributed by atoms with Crippen LogP contribution in [0.2, 0.25) is 0 Å². The lowest BCUT2D eigenvalue weighted by Gasteiger charge is -2.35. The van der Waals surface area contributed by atoms with Crippen molar-refractivity contribution in [1.29, 1.82) is 0 Å². The molecule has 6 rings (SSSR count). The van der Waals surface area contributed by atoms with Crippen molar-refractivity contribution in [2.75, 3.05) is 45.9 Å². The zero-order chi connectivity index (χ0) is 36.7. The van der Waals surface area contributed by atoms with Crippen molar-refractivity contribution >= 4 is 22.7 Å². The number of fused-ring (bicyclic) bond motifs is 1. The first-order valence-electron chi connectivity index (χ1n) is 19.8. The second kappa shape index (κ2) is 20.2. The van der Waals surface area contributed by atoms with Crippen LogP contribution in [-0.2, 0) is 22.4 Å². The van der Waals surface area contributed by atoms with Crippen LogP contribution in [0.25, 0.3) is 10.9 Å². The molecule has 1 unspecified atom stereocenters. The van der Waals surface area contributed by atoms with Gasteiger partial charge in [-0.1, -0.05) is 66.7 Å². The number of pyridine rings is 1. The number of carbonyl (C=O) groups excluding carboxylic acids is 2. The molecule has 282 valence electrons. The van der Waals surface area contributed by atoms with Crippen LogP contribution in [0, 0.1) is 5.92 Å². The molecule has 3 aromatic carbocycles. The van der Waals surface area contributed by atoms with Gasteiger partial charge in [0.05, 0.1) is 12.1 Å². The Morgan fingerprint density at radius 1 is 0.774 bits per heavy atom. The van der Waals surface area contributed by atoms with Gasteiger partial charge in [0.1, 0.15) is 18.5 Å². The van der Waals surface area contributed by atoms with Gasteiger partial charge in [0.2, 0.25) is 11.8 Å². The molecular weight excluding hydrogens is 663 g/mol. The van der Waals surface area contributed by atoms with Crippen LogP contribution in [-0.4, -0.2) is 95.8 Å². The van der Waals surface area contributed by atoms with Gasteiger partial charge in [-0.3, -0.25) is 24.4 Å². The number of amides is 2. The molecule has 1 aliphatic heterocycles. The SMILES string of the molecule is O=C(CN1CCN(CC(O)COc2cccc3ncccc23)CC1)NC1CCC(C(=O)NC(CCCc2ccccc2)CCCc2ccccc2)CC1. The molecular formula is C44H57N5O4. The smallest absolute Gasteiger partial charge is 0.234 e. The van der Waals surface area contributed by atoms with Crippen molar-refractivity contribution in [1.82, 2.24) is 25.4 Å². The quantitative estimate of drug-likeness (QED) is 0.119. The normalized spacial score (nSPS) is 18.8. The van der Waals surface area contributed by atoms with Crippen LogP contribution in [0.3, 0.4) is 0 Å². The van der Waals surface area contributed by atoms with Crippen LogP contribution in [0.1, 0.15) is 62.5 Å². The van der Waals surface area contributed by atoms with E-state index in [4.69, 9.17) is 4.74 Å². The van der Waals surface area contributed by atoms with E-state index < -0.39 is 6.10 Å². The summed E-state index contributed by atoms with van der Waals surface area (Å²) in [5.74, 6) is 0.971. The second-order valence-electron chi connectivity index (χ2n) is 14.9. The van der Waals surface area contributed by atoms with E-state index in [1.165, 1.54) is 11.1 Å². The van der Waals surface area contributed by atoms with Crippen LogP contribution >= 0.6 is 0 Å². The van der Waals surface area contributed by atoms with Gasteiger partial charge in [-0.2, -0.15) is 0 Å². The first kappa shape index (κ1) is 38.4. The molecule has 9 nitrogen and oxygen atoms in total. The molecule has 1 atom stereocenters. The third kappa shape index (κ3) is 12.4. The zero-order valence-corrected chi connectivity index (χ0v) is 31.1. The number of carbonyl (C=O) groups is 2. The van der Waals surface area contributed by atoms with Gasteiger partial charge in [-0.05, 0) is 99.6 Å². The molecule has 2 aliphatic rings. The number of hydrogen-bond acceptors (Lipinski definition) is 7. The number of aliphatic hydroxyl groups is 1. The Labute approximate surface area is 315 Å². The van der Waals surface area contributed by atoms with Crippen molar-refractivity contribution in [3.8, 4) is 5.75 Å². The van der Waals surface area contributed by atoms with Gasteiger partial charge in [-0.25, -0.2) is 0 Å². The monoisotopic (exact) mass is 719 g/mol. The highest BCUT2D eigenvalue weighted by Gasteiger charge is 2.29. The molecule has 1 aromatic heterocycles. The van der Waals surface area contributed by atoms with Crippen LogP contribution in [0.5, 0.6) is 5.75 Å². The number of β-amino-alcohol motifs (C(OH)–C–C–N with tert-alkyl or cyclic N) is 1. The maximum absolute atomic E-state index is 13.5. The first-order chi connectivity index (χ1) is 26.0. The highest BCUT2D eigenvalue weighted by atomic mass is 16.5. The van der Waals surface area contributed by atoms with Crippen LogP contribution in [0.15, 0.2) is 97.2 Å². The summed E-state index contributed by atoms with van der Waals surface area (Å²) in [6.45, 7) is 4.27. The number of hydrogen-bond donors (Lipinski definition) is 3. The maximum atomic E-state index is 13.5. The van der Waals surface area contributed by atoms with Gasteiger partial charge >= 0.3 is 0 Å². The molecule has 0 spiro atoms. The van der Waals surface area contributed by atoms with E-state index in [9.17, 15) is 14.7 Å². The summed E-state index contributed by atoms with van der Waals surface area (Å²) in [5.41, 5.74) is 3.56. The minimum atomic E-state index is -0.612. The van der Waals surface area contributed by atoms with Gasteiger partial charge in [0, 0.05) is 62.3 Å². The molecule has 0 radical (unpaired) electrons. The van der Waals surface area contributed by atoms with Crippen molar-refractivity contribution < 1.29 is 19.4 Å². The Balaban J connectivity index is 0.865. The Morgan fingerprint density at radius 2 is 1.42 bits per heavy atom. The van der Waals surface area contributed by atoms with Crippen LogP contribution < -0.4 is 15.4 Å². The Bertz CT molecular complexity index is 1640. The molecule has 1 saturated carbocycles. The first-order valence-corrected chi connectivity index (χ1v) is 19.8.